The van der Waals surface area contributed by atoms with E-state index in [4.69, 9.17) is 23.7 Å². The van der Waals surface area contributed by atoms with Gasteiger partial charge in [-0.15, -0.1) is 0 Å². The molecular weight excluding hydrogens is 328 g/mol. The highest BCUT2D eigenvalue weighted by atomic mass is 16.7. The van der Waals surface area contributed by atoms with Gasteiger partial charge in [0.05, 0.1) is 0 Å². The predicted octanol–water partition coefficient (Wildman–Crippen LogP) is -1.29. The lowest BCUT2D eigenvalue weighted by Crippen LogP contribution is -2.61. The normalized spacial score (nSPS) is 29.4. The third kappa shape index (κ3) is 5.87. The van der Waals surface area contributed by atoms with E-state index in [1.807, 2.05) is 0 Å². The molecule has 136 valence electrons. The standard InChI is InChI=1S/C14H20O10/c1-7(16)21-6-10-12(22-8(2)17)13(23-9(3)18)11(19)14(24-10)20-5-4-15/h4,10-14,19H,5-6H2,1-3H3. The Kier molecular flexibility index (Phi) is 7.75. The van der Waals surface area contributed by atoms with Crippen LogP contribution in [0.5, 0.6) is 0 Å². The van der Waals surface area contributed by atoms with Crippen LogP contribution < -0.4 is 0 Å². The Morgan fingerprint density at radius 3 is 2.12 bits per heavy atom. The predicted molar refractivity (Wildman–Crippen MR) is 74.4 cm³/mol. The minimum atomic E-state index is -1.52. The van der Waals surface area contributed by atoms with Crippen molar-refractivity contribution in [3.8, 4) is 0 Å². The van der Waals surface area contributed by atoms with E-state index in [0.29, 0.717) is 6.29 Å². The van der Waals surface area contributed by atoms with Crippen molar-refractivity contribution in [3.05, 3.63) is 0 Å². The molecule has 1 heterocycles. The minimum Gasteiger partial charge on any atom is -0.463 e. The number of aliphatic hydroxyl groups excluding tert-OH is 1. The number of hydrogen-bond donors (Lipinski definition) is 1. The molecule has 1 rings (SSSR count). The van der Waals surface area contributed by atoms with Crippen LogP contribution in [-0.4, -0.2) is 73.2 Å². The van der Waals surface area contributed by atoms with Crippen molar-refractivity contribution in [2.75, 3.05) is 13.2 Å². The van der Waals surface area contributed by atoms with E-state index in [2.05, 4.69) is 0 Å². The smallest absolute Gasteiger partial charge is 0.303 e. The fraction of sp³-hybridized carbons (Fsp3) is 0.714. The SMILES string of the molecule is CC(=O)OCC1OC(OCC=O)C(O)C(OC(C)=O)C1OC(C)=O. The zero-order valence-electron chi connectivity index (χ0n) is 13.5. The molecule has 1 aliphatic rings. The molecule has 10 nitrogen and oxygen atoms in total. The number of aliphatic hydroxyl groups is 1. The first kappa shape index (κ1) is 20.0. The van der Waals surface area contributed by atoms with Crippen molar-refractivity contribution in [1.29, 1.82) is 0 Å². The summed E-state index contributed by atoms with van der Waals surface area (Å²) in [6, 6.07) is 0. The Morgan fingerprint density at radius 1 is 1.04 bits per heavy atom. The molecule has 0 aromatic heterocycles. The van der Waals surface area contributed by atoms with Gasteiger partial charge in [-0.3, -0.25) is 14.4 Å². The van der Waals surface area contributed by atoms with Gasteiger partial charge in [-0.1, -0.05) is 0 Å². The van der Waals surface area contributed by atoms with Crippen molar-refractivity contribution in [3.63, 3.8) is 0 Å². The van der Waals surface area contributed by atoms with Crippen molar-refractivity contribution >= 4 is 24.2 Å². The Morgan fingerprint density at radius 2 is 1.62 bits per heavy atom. The van der Waals surface area contributed by atoms with Gasteiger partial charge in [0, 0.05) is 20.8 Å². The maximum Gasteiger partial charge on any atom is 0.303 e. The second-order valence-electron chi connectivity index (χ2n) is 4.98. The molecule has 0 aromatic carbocycles. The molecule has 0 saturated carbocycles. The summed E-state index contributed by atoms with van der Waals surface area (Å²) in [7, 11) is 0. The van der Waals surface area contributed by atoms with E-state index in [9.17, 15) is 24.3 Å². The fourth-order valence-electron chi connectivity index (χ4n) is 2.16. The zero-order chi connectivity index (χ0) is 18.3. The molecular formula is C14H20O10. The minimum absolute atomic E-state index is 0.335. The highest BCUT2D eigenvalue weighted by molar-refractivity contribution is 5.67. The van der Waals surface area contributed by atoms with E-state index in [1.54, 1.807) is 0 Å². The van der Waals surface area contributed by atoms with E-state index in [0.717, 1.165) is 13.8 Å². The van der Waals surface area contributed by atoms with Crippen molar-refractivity contribution in [2.24, 2.45) is 0 Å². The van der Waals surface area contributed by atoms with Gasteiger partial charge in [0.2, 0.25) is 0 Å². The average Bonchev–Trinajstić information content (AvgIpc) is 2.48. The van der Waals surface area contributed by atoms with Crippen LogP contribution in [-0.2, 0) is 42.9 Å². The van der Waals surface area contributed by atoms with Gasteiger partial charge >= 0.3 is 17.9 Å². The molecule has 1 aliphatic heterocycles. The number of carbonyl (C=O) groups is 4. The number of rotatable bonds is 7. The van der Waals surface area contributed by atoms with E-state index < -0.39 is 48.6 Å². The summed E-state index contributed by atoms with van der Waals surface area (Å²) in [5, 5.41) is 10.2. The van der Waals surface area contributed by atoms with Crippen molar-refractivity contribution in [2.45, 2.75) is 51.5 Å². The molecule has 0 aromatic rings. The molecule has 24 heavy (non-hydrogen) atoms. The molecule has 5 unspecified atom stereocenters. The summed E-state index contributed by atoms with van der Waals surface area (Å²) in [5.74, 6) is -2.06. The van der Waals surface area contributed by atoms with Gasteiger partial charge in [0.1, 0.15) is 31.7 Å². The third-order valence-corrected chi connectivity index (χ3v) is 3.00. The second-order valence-corrected chi connectivity index (χ2v) is 4.98. The van der Waals surface area contributed by atoms with Crippen LogP contribution in [0.4, 0.5) is 0 Å². The van der Waals surface area contributed by atoms with E-state index in [1.165, 1.54) is 6.92 Å². The first-order valence-electron chi connectivity index (χ1n) is 7.12. The van der Waals surface area contributed by atoms with Crippen LogP contribution in [0.2, 0.25) is 0 Å². The monoisotopic (exact) mass is 348 g/mol. The quantitative estimate of drug-likeness (QED) is 0.336. The summed E-state index contributed by atoms with van der Waals surface area (Å²) in [4.78, 5) is 44.0. The van der Waals surface area contributed by atoms with E-state index in [-0.39, 0.29) is 13.2 Å². The van der Waals surface area contributed by atoms with Crippen molar-refractivity contribution in [1.82, 2.24) is 0 Å². The first-order chi connectivity index (χ1) is 11.3. The molecule has 5 atom stereocenters. The second kappa shape index (κ2) is 9.30. The largest absolute Gasteiger partial charge is 0.463 e. The Balaban J connectivity index is 3.03. The summed E-state index contributed by atoms with van der Waals surface area (Å²) in [6.45, 7) is 2.68. The summed E-state index contributed by atoms with van der Waals surface area (Å²) in [5.41, 5.74) is 0. The molecule has 1 N–H and O–H groups in total. The summed E-state index contributed by atoms with van der Waals surface area (Å²) < 4.78 is 25.3. The van der Waals surface area contributed by atoms with Crippen LogP contribution >= 0.6 is 0 Å². The summed E-state index contributed by atoms with van der Waals surface area (Å²) >= 11 is 0. The summed E-state index contributed by atoms with van der Waals surface area (Å²) in [6.07, 6.45) is -6.04. The maximum absolute atomic E-state index is 11.3. The van der Waals surface area contributed by atoms with E-state index >= 15 is 0 Å². The number of ether oxygens (including phenoxy) is 5. The number of hydrogen-bond acceptors (Lipinski definition) is 10. The molecule has 0 amide bonds. The topological polar surface area (TPSA) is 135 Å². The van der Waals surface area contributed by atoms with Crippen LogP contribution in [0, 0.1) is 0 Å². The van der Waals surface area contributed by atoms with Gasteiger partial charge in [0.25, 0.3) is 0 Å². The molecule has 0 bridgehead atoms. The van der Waals surface area contributed by atoms with Crippen LogP contribution in [0.1, 0.15) is 20.8 Å². The van der Waals surface area contributed by atoms with Gasteiger partial charge in [0.15, 0.2) is 18.5 Å². The Labute approximate surface area is 137 Å². The van der Waals surface area contributed by atoms with Crippen molar-refractivity contribution < 1.29 is 48.0 Å². The van der Waals surface area contributed by atoms with Crippen LogP contribution in [0.3, 0.4) is 0 Å². The molecule has 0 aliphatic carbocycles. The van der Waals surface area contributed by atoms with Gasteiger partial charge in [-0.05, 0) is 0 Å². The van der Waals surface area contributed by atoms with Crippen LogP contribution in [0.25, 0.3) is 0 Å². The molecule has 10 heteroatoms. The molecule has 1 saturated heterocycles. The van der Waals surface area contributed by atoms with Gasteiger partial charge in [-0.25, -0.2) is 0 Å². The van der Waals surface area contributed by atoms with Gasteiger partial charge < -0.3 is 33.6 Å². The van der Waals surface area contributed by atoms with Gasteiger partial charge in [-0.2, -0.15) is 0 Å². The number of carbonyl (C=O) groups excluding carboxylic acids is 4. The zero-order valence-corrected chi connectivity index (χ0v) is 13.5. The third-order valence-electron chi connectivity index (χ3n) is 3.00. The molecule has 0 spiro atoms. The lowest BCUT2D eigenvalue weighted by atomic mass is 9.98. The molecule has 0 radical (unpaired) electrons. The highest BCUT2D eigenvalue weighted by Gasteiger charge is 2.50. The number of aldehydes is 1. The Hall–Kier alpha value is -2.04. The lowest BCUT2D eigenvalue weighted by molar-refractivity contribution is -0.303. The average molecular weight is 348 g/mol. The first-order valence-corrected chi connectivity index (χ1v) is 7.12. The highest BCUT2D eigenvalue weighted by Crippen LogP contribution is 2.27. The molecule has 1 fully saturated rings. The van der Waals surface area contributed by atoms with Crippen LogP contribution in [0.15, 0.2) is 0 Å². The fourth-order valence-corrected chi connectivity index (χ4v) is 2.16. The Bertz CT molecular complexity index is 476. The maximum atomic E-state index is 11.3. The number of esters is 3. The lowest BCUT2D eigenvalue weighted by Gasteiger charge is -2.42.